The molecule has 2 rings (SSSR count). The highest BCUT2D eigenvalue weighted by Gasteiger charge is 2.13. The lowest BCUT2D eigenvalue weighted by molar-refractivity contribution is 0.0963. The van der Waals surface area contributed by atoms with Crippen molar-refractivity contribution in [1.82, 2.24) is 10.3 Å². The number of carbonyl (C=O) groups excluding carboxylic acids is 1. The Labute approximate surface area is 123 Å². The number of nitrogens with one attached hydrogen (secondary N) is 2. The van der Waals surface area contributed by atoms with Crippen molar-refractivity contribution in [3.63, 3.8) is 0 Å². The van der Waals surface area contributed by atoms with Crippen LogP contribution in [0.1, 0.15) is 38.9 Å². The van der Waals surface area contributed by atoms with Gasteiger partial charge in [-0.05, 0) is 39.0 Å². The minimum atomic E-state index is -0.0815. The van der Waals surface area contributed by atoms with Crippen molar-refractivity contribution >= 4 is 22.9 Å². The van der Waals surface area contributed by atoms with Crippen LogP contribution in [0.5, 0.6) is 0 Å². The third-order valence-electron chi connectivity index (χ3n) is 3.08. The first-order valence-electron chi connectivity index (χ1n) is 6.54. The van der Waals surface area contributed by atoms with Crippen LogP contribution in [-0.2, 0) is 0 Å². The van der Waals surface area contributed by atoms with Gasteiger partial charge in [-0.25, -0.2) is 4.98 Å². The normalized spacial score (nSPS) is 12.0. The van der Waals surface area contributed by atoms with E-state index in [1.54, 1.807) is 24.5 Å². The molecule has 1 aromatic carbocycles. The Morgan fingerprint density at radius 3 is 2.70 bits per heavy atom. The van der Waals surface area contributed by atoms with E-state index in [9.17, 15) is 4.79 Å². The van der Waals surface area contributed by atoms with E-state index < -0.39 is 0 Å². The Hall–Kier alpha value is -1.88. The number of thiazole rings is 1. The molecular weight excluding hydrogens is 270 g/mol. The monoisotopic (exact) mass is 289 g/mol. The fourth-order valence-corrected chi connectivity index (χ4v) is 3.07. The molecule has 106 valence electrons. The topological polar surface area (TPSA) is 54.0 Å². The zero-order valence-corrected chi connectivity index (χ0v) is 13.0. The summed E-state index contributed by atoms with van der Waals surface area (Å²) in [6.07, 6.45) is 0. The quantitative estimate of drug-likeness (QED) is 0.908. The summed E-state index contributed by atoms with van der Waals surface area (Å²) in [5.41, 5.74) is 2.64. The zero-order valence-electron chi connectivity index (χ0n) is 12.2. The predicted molar refractivity (Wildman–Crippen MR) is 83.5 cm³/mol. The molecule has 1 unspecified atom stereocenters. The van der Waals surface area contributed by atoms with E-state index in [0.29, 0.717) is 5.56 Å². The third-order valence-corrected chi connectivity index (χ3v) is 3.99. The molecule has 0 saturated heterocycles. The van der Waals surface area contributed by atoms with Gasteiger partial charge in [0.05, 0.1) is 16.7 Å². The van der Waals surface area contributed by atoms with Crippen LogP contribution in [-0.4, -0.2) is 17.9 Å². The summed E-state index contributed by atoms with van der Waals surface area (Å²) >= 11 is 1.70. The molecule has 5 heteroatoms. The molecule has 0 radical (unpaired) electrons. The maximum absolute atomic E-state index is 11.6. The summed E-state index contributed by atoms with van der Waals surface area (Å²) in [7, 11) is 1.63. The molecule has 1 atom stereocenters. The van der Waals surface area contributed by atoms with Crippen LogP contribution >= 0.6 is 11.3 Å². The minimum absolute atomic E-state index is 0.0815. The van der Waals surface area contributed by atoms with Crippen molar-refractivity contribution in [3.05, 3.63) is 45.4 Å². The van der Waals surface area contributed by atoms with Crippen LogP contribution in [0.3, 0.4) is 0 Å². The SMILES string of the molecule is CNC(=O)c1cccc(NC(C)c2nc(C)sc2C)c1. The van der Waals surface area contributed by atoms with Gasteiger partial charge < -0.3 is 10.6 Å². The molecule has 0 aliphatic carbocycles. The van der Waals surface area contributed by atoms with Crippen LogP contribution < -0.4 is 10.6 Å². The highest BCUT2D eigenvalue weighted by molar-refractivity contribution is 7.11. The lowest BCUT2D eigenvalue weighted by Crippen LogP contribution is -2.18. The number of aryl methyl sites for hydroxylation is 2. The van der Waals surface area contributed by atoms with Gasteiger partial charge in [0.2, 0.25) is 0 Å². The number of hydrogen-bond donors (Lipinski definition) is 2. The highest BCUT2D eigenvalue weighted by atomic mass is 32.1. The summed E-state index contributed by atoms with van der Waals surface area (Å²) in [4.78, 5) is 17.4. The van der Waals surface area contributed by atoms with Gasteiger partial charge in [-0.2, -0.15) is 0 Å². The first-order valence-corrected chi connectivity index (χ1v) is 7.35. The third kappa shape index (κ3) is 3.17. The number of benzene rings is 1. The van der Waals surface area contributed by atoms with Crippen molar-refractivity contribution < 1.29 is 4.79 Å². The molecule has 1 amide bonds. The smallest absolute Gasteiger partial charge is 0.251 e. The molecule has 0 fully saturated rings. The van der Waals surface area contributed by atoms with E-state index in [0.717, 1.165) is 16.4 Å². The van der Waals surface area contributed by atoms with Crippen LogP contribution in [0.25, 0.3) is 0 Å². The van der Waals surface area contributed by atoms with E-state index in [1.165, 1.54) is 4.88 Å². The average Bonchev–Trinajstić information content (AvgIpc) is 2.77. The number of amides is 1. The van der Waals surface area contributed by atoms with Gasteiger partial charge in [0.25, 0.3) is 5.91 Å². The molecule has 4 nitrogen and oxygen atoms in total. The van der Waals surface area contributed by atoms with E-state index >= 15 is 0 Å². The number of anilines is 1. The largest absolute Gasteiger partial charge is 0.377 e. The first kappa shape index (κ1) is 14.5. The van der Waals surface area contributed by atoms with E-state index in [1.807, 2.05) is 25.1 Å². The number of aromatic nitrogens is 1. The number of rotatable bonds is 4. The molecule has 0 bridgehead atoms. The molecule has 0 aliphatic heterocycles. The molecule has 0 saturated carbocycles. The highest BCUT2D eigenvalue weighted by Crippen LogP contribution is 2.25. The molecule has 20 heavy (non-hydrogen) atoms. The van der Waals surface area contributed by atoms with Gasteiger partial charge in [-0.3, -0.25) is 4.79 Å². The van der Waals surface area contributed by atoms with Gasteiger partial charge in [-0.15, -0.1) is 11.3 Å². The number of carbonyl (C=O) groups is 1. The first-order chi connectivity index (χ1) is 9.51. The van der Waals surface area contributed by atoms with Crippen LogP contribution in [0.15, 0.2) is 24.3 Å². The molecule has 0 aliphatic rings. The van der Waals surface area contributed by atoms with Crippen molar-refractivity contribution in [3.8, 4) is 0 Å². The Bertz CT molecular complexity index is 621. The second kappa shape index (κ2) is 6.05. The van der Waals surface area contributed by atoms with Crippen LogP contribution in [0, 0.1) is 13.8 Å². The van der Waals surface area contributed by atoms with Gasteiger partial charge in [0, 0.05) is 23.2 Å². The number of nitrogens with zero attached hydrogens (tertiary/aromatic N) is 1. The fourth-order valence-electron chi connectivity index (χ4n) is 2.16. The Kier molecular flexibility index (Phi) is 4.39. The molecule has 2 N–H and O–H groups in total. The number of hydrogen-bond acceptors (Lipinski definition) is 4. The molecule has 2 aromatic rings. The van der Waals surface area contributed by atoms with Gasteiger partial charge in [0.1, 0.15) is 0 Å². The second-order valence-electron chi connectivity index (χ2n) is 4.70. The van der Waals surface area contributed by atoms with Crippen molar-refractivity contribution in [2.45, 2.75) is 26.8 Å². The Balaban J connectivity index is 2.17. The summed E-state index contributed by atoms with van der Waals surface area (Å²) in [5, 5.41) is 7.10. The van der Waals surface area contributed by atoms with Gasteiger partial charge in [-0.1, -0.05) is 6.07 Å². The minimum Gasteiger partial charge on any atom is -0.377 e. The molecular formula is C15H19N3OS. The van der Waals surface area contributed by atoms with E-state index in [-0.39, 0.29) is 11.9 Å². The van der Waals surface area contributed by atoms with E-state index in [4.69, 9.17) is 0 Å². The van der Waals surface area contributed by atoms with Crippen LogP contribution in [0.2, 0.25) is 0 Å². The molecule has 1 heterocycles. The van der Waals surface area contributed by atoms with Crippen LogP contribution in [0.4, 0.5) is 5.69 Å². The standard InChI is InChI=1S/C15H19N3OS/c1-9(14-10(2)20-11(3)18-14)17-13-7-5-6-12(8-13)15(19)16-4/h5-9,17H,1-4H3,(H,16,19). The maximum Gasteiger partial charge on any atom is 0.251 e. The Morgan fingerprint density at radius 1 is 1.35 bits per heavy atom. The summed E-state index contributed by atoms with van der Waals surface area (Å²) in [6, 6.07) is 7.59. The van der Waals surface area contributed by atoms with E-state index in [2.05, 4.69) is 29.5 Å². The summed E-state index contributed by atoms with van der Waals surface area (Å²) in [5.74, 6) is -0.0815. The Morgan fingerprint density at radius 2 is 2.10 bits per heavy atom. The lowest BCUT2D eigenvalue weighted by Gasteiger charge is -2.15. The van der Waals surface area contributed by atoms with Gasteiger partial charge in [0.15, 0.2) is 0 Å². The van der Waals surface area contributed by atoms with Gasteiger partial charge >= 0.3 is 0 Å². The second-order valence-corrected chi connectivity index (χ2v) is 6.11. The maximum atomic E-state index is 11.6. The zero-order chi connectivity index (χ0) is 14.7. The predicted octanol–water partition coefficient (Wildman–Crippen LogP) is 3.29. The molecule has 0 spiro atoms. The summed E-state index contributed by atoms with van der Waals surface area (Å²) in [6.45, 7) is 6.17. The lowest BCUT2D eigenvalue weighted by atomic mass is 10.1. The fraction of sp³-hybridized carbons (Fsp3) is 0.333. The average molecular weight is 289 g/mol. The molecule has 1 aromatic heterocycles. The summed E-state index contributed by atoms with van der Waals surface area (Å²) < 4.78 is 0. The van der Waals surface area contributed by atoms with Crippen molar-refractivity contribution in [2.24, 2.45) is 0 Å². The van der Waals surface area contributed by atoms with Crippen molar-refractivity contribution in [1.29, 1.82) is 0 Å². The van der Waals surface area contributed by atoms with Crippen molar-refractivity contribution in [2.75, 3.05) is 12.4 Å².